The van der Waals surface area contributed by atoms with Gasteiger partial charge in [-0.25, -0.2) is 18.8 Å². The van der Waals surface area contributed by atoms with Crippen molar-refractivity contribution in [2.45, 2.75) is 24.7 Å². The van der Waals surface area contributed by atoms with Gasteiger partial charge in [0, 0.05) is 0 Å². The van der Waals surface area contributed by atoms with Gasteiger partial charge in [0.25, 0.3) is 0 Å². The van der Waals surface area contributed by atoms with Gasteiger partial charge in [0.1, 0.15) is 12.7 Å². The van der Waals surface area contributed by atoms with Crippen LogP contribution in [-0.2, 0) is 18.9 Å². The molecule has 0 bridgehead atoms. The van der Waals surface area contributed by atoms with Crippen LogP contribution in [0, 0.1) is 0 Å². The molecule has 2 unspecified atom stereocenters. The molecule has 0 radical (unpaired) electrons. The molecular formula is C26H21FO7. The van der Waals surface area contributed by atoms with E-state index in [1.807, 2.05) is 0 Å². The summed E-state index contributed by atoms with van der Waals surface area (Å²) in [4.78, 5) is 37.2. The Morgan fingerprint density at radius 2 is 1.12 bits per heavy atom. The van der Waals surface area contributed by atoms with Gasteiger partial charge in [-0.05, 0) is 36.4 Å². The Hall–Kier alpha value is -4.04. The summed E-state index contributed by atoms with van der Waals surface area (Å²) in [6.45, 7) is -0.416. The van der Waals surface area contributed by atoms with Crippen molar-refractivity contribution in [2.24, 2.45) is 0 Å². The molecule has 1 aliphatic heterocycles. The monoisotopic (exact) mass is 464 g/mol. The maximum Gasteiger partial charge on any atom is 0.340 e. The first-order valence-corrected chi connectivity index (χ1v) is 10.6. The molecule has 1 fully saturated rings. The third-order valence-electron chi connectivity index (χ3n) is 5.12. The van der Waals surface area contributed by atoms with Crippen molar-refractivity contribution in [3.8, 4) is 0 Å². The Kier molecular flexibility index (Phi) is 7.29. The second-order valence-electron chi connectivity index (χ2n) is 7.46. The first-order chi connectivity index (χ1) is 16.5. The number of esters is 3. The SMILES string of the molecule is O=C(OC[C@@H]1O[C@@H](OC(=O)c2ccccc2)C(F)C1OC(=O)c1ccccc1)c1ccccc1. The summed E-state index contributed by atoms with van der Waals surface area (Å²) in [5, 5.41) is 0. The largest absolute Gasteiger partial charge is 0.459 e. The minimum Gasteiger partial charge on any atom is -0.459 e. The number of benzene rings is 3. The van der Waals surface area contributed by atoms with Gasteiger partial charge in [0.05, 0.1) is 16.7 Å². The Balaban J connectivity index is 1.47. The van der Waals surface area contributed by atoms with E-state index in [1.54, 1.807) is 66.7 Å². The standard InChI is InChI=1S/C26H21FO7/c27-21-22(33-24(29)18-12-6-2-7-13-18)20(16-31-23(28)17-10-4-1-5-11-17)32-26(21)34-25(30)19-14-8-3-9-15-19/h1-15,20-22,26H,16H2/t20-,21?,22?,26-/m0/s1. The molecule has 3 aromatic rings. The van der Waals surface area contributed by atoms with Crippen LogP contribution < -0.4 is 0 Å². The zero-order valence-electron chi connectivity index (χ0n) is 17.9. The highest BCUT2D eigenvalue weighted by Gasteiger charge is 2.50. The summed E-state index contributed by atoms with van der Waals surface area (Å²) in [6.07, 6.45) is -6.31. The molecule has 174 valence electrons. The van der Waals surface area contributed by atoms with Crippen LogP contribution in [0.2, 0.25) is 0 Å². The fourth-order valence-corrected chi connectivity index (χ4v) is 3.38. The fourth-order valence-electron chi connectivity index (χ4n) is 3.38. The highest BCUT2D eigenvalue weighted by atomic mass is 19.1. The fraction of sp³-hybridized carbons (Fsp3) is 0.192. The molecule has 7 nitrogen and oxygen atoms in total. The van der Waals surface area contributed by atoms with Gasteiger partial charge in [0.15, 0.2) is 6.10 Å². The zero-order chi connectivity index (χ0) is 23.9. The molecule has 4 rings (SSSR count). The first-order valence-electron chi connectivity index (χ1n) is 10.6. The van der Waals surface area contributed by atoms with Gasteiger partial charge in [-0.2, -0.15) is 0 Å². The van der Waals surface area contributed by atoms with E-state index in [2.05, 4.69) is 0 Å². The lowest BCUT2D eigenvalue weighted by Crippen LogP contribution is -2.37. The number of halogens is 1. The highest BCUT2D eigenvalue weighted by molar-refractivity contribution is 5.90. The molecule has 0 amide bonds. The first kappa shape index (κ1) is 23.1. The Labute approximate surface area is 195 Å². The summed E-state index contributed by atoms with van der Waals surface area (Å²) in [6, 6.07) is 24.2. The topological polar surface area (TPSA) is 88.1 Å². The van der Waals surface area contributed by atoms with Crippen molar-refractivity contribution in [3.05, 3.63) is 108 Å². The normalized spacial score (nSPS) is 21.4. The Morgan fingerprint density at radius 3 is 1.62 bits per heavy atom. The van der Waals surface area contributed by atoms with E-state index in [1.165, 1.54) is 24.3 Å². The average molecular weight is 464 g/mol. The van der Waals surface area contributed by atoms with E-state index in [0.717, 1.165) is 0 Å². The minimum absolute atomic E-state index is 0.204. The van der Waals surface area contributed by atoms with E-state index in [9.17, 15) is 14.4 Å². The number of rotatable bonds is 7. The molecule has 34 heavy (non-hydrogen) atoms. The molecule has 8 heteroatoms. The molecule has 0 aliphatic carbocycles. The number of hydrogen-bond acceptors (Lipinski definition) is 7. The molecule has 3 aromatic carbocycles. The molecular weight excluding hydrogens is 443 g/mol. The maximum absolute atomic E-state index is 15.3. The van der Waals surface area contributed by atoms with Crippen LogP contribution in [0.3, 0.4) is 0 Å². The van der Waals surface area contributed by atoms with Gasteiger partial charge in [0.2, 0.25) is 12.5 Å². The predicted molar refractivity (Wildman–Crippen MR) is 118 cm³/mol. The third-order valence-corrected chi connectivity index (χ3v) is 5.12. The quantitative estimate of drug-likeness (QED) is 0.386. The second kappa shape index (κ2) is 10.7. The van der Waals surface area contributed by atoms with Gasteiger partial charge in [-0.3, -0.25) is 0 Å². The number of ether oxygens (including phenoxy) is 4. The molecule has 1 heterocycles. The molecule has 0 aromatic heterocycles. The molecule has 0 saturated carbocycles. The zero-order valence-corrected chi connectivity index (χ0v) is 17.9. The number of alkyl halides is 1. The van der Waals surface area contributed by atoms with Crippen LogP contribution in [0.5, 0.6) is 0 Å². The van der Waals surface area contributed by atoms with Gasteiger partial charge < -0.3 is 18.9 Å². The second-order valence-corrected chi connectivity index (χ2v) is 7.46. The van der Waals surface area contributed by atoms with E-state index in [-0.39, 0.29) is 11.1 Å². The van der Waals surface area contributed by atoms with E-state index >= 15 is 4.39 Å². The lowest BCUT2D eigenvalue weighted by Gasteiger charge is -2.19. The molecule has 4 atom stereocenters. The summed E-state index contributed by atoms with van der Waals surface area (Å²) < 4.78 is 36.6. The number of carbonyl (C=O) groups is 3. The van der Waals surface area contributed by atoms with Crippen molar-refractivity contribution in [1.29, 1.82) is 0 Å². The van der Waals surface area contributed by atoms with E-state index < -0.39 is 49.2 Å². The van der Waals surface area contributed by atoms with Crippen molar-refractivity contribution in [2.75, 3.05) is 6.61 Å². The van der Waals surface area contributed by atoms with Crippen molar-refractivity contribution in [3.63, 3.8) is 0 Å². The van der Waals surface area contributed by atoms with Crippen LogP contribution in [0.25, 0.3) is 0 Å². The third kappa shape index (κ3) is 5.47. The lowest BCUT2D eigenvalue weighted by molar-refractivity contribution is -0.129. The van der Waals surface area contributed by atoms with Crippen LogP contribution >= 0.6 is 0 Å². The van der Waals surface area contributed by atoms with Crippen molar-refractivity contribution >= 4 is 17.9 Å². The average Bonchev–Trinajstić information content (AvgIpc) is 3.17. The minimum atomic E-state index is -2.00. The summed E-state index contributed by atoms with van der Waals surface area (Å²) in [5.74, 6) is -2.24. The Morgan fingerprint density at radius 1 is 0.676 bits per heavy atom. The summed E-state index contributed by atoms with van der Waals surface area (Å²) >= 11 is 0. The molecule has 0 N–H and O–H groups in total. The van der Waals surface area contributed by atoms with Crippen LogP contribution in [0.15, 0.2) is 91.0 Å². The van der Waals surface area contributed by atoms with Crippen LogP contribution in [0.4, 0.5) is 4.39 Å². The molecule has 1 aliphatic rings. The summed E-state index contributed by atoms with van der Waals surface area (Å²) in [5.41, 5.74) is 0.705. The van der Waals surface area contributed by atoms with E-state index in [0.29, 0.717) is 5.56 Å². The van der Waals surface area contributed by atoms with Crippen molar-refractivity contribution in [1.82, 2.24) is 0 Å². The summed E-state index contributed by atoms with van der Waals surface area (Å²) in [7, 11) is 0. The highest BCUT2D eigenvalue weighted by Crippen LogP contribution is 2.29. The smallest absolute Gasteiger partial charge is 0.340 e. The van der Waals surface area contributed by atoms with Crippen LogP contribution in [0.1, 0.15) is 31.1 Å². The van der Waals surface area contributed by atoms with Crippen LogP contribution in [-0.4, -0.2) is 49.2 Å². The van der Waals surface area contributed by atoms with Gasteiger partial charge in [-0.1, -0.05) is 54.6 Å². The Bertz CT molecular complexity index is 1120. The number of hydrogen-bond donors (Lipinski definition) is 0. The lowest BCUT2D eigenvalue weighted by atomic mass is 10.1. The van der Waals surface area contributed by atoms with Crippen molar-refractivity contribution < 1.29 is 37.7 Å². The number of carbonyl (C=O) groups excluding carboxylic acids is 3. The van der Waals surface area contributed by atoms with Gasteiger partial charge in [-0.15, -0.1) is 0 Å². The van der Waals surface area contributed by atoms with E-state index in [4.69, 9.17) is 18.9 Å². The molecule has 0 spiro atoms. The maximum atomic E-state index is 15.3. The van der Waals surface area contributed by atoms with Gasteiger partial charge >= 0.3 is 17.9 Å². The predicted octanol–water partition coefficient (Wildman–Crippen LogP) is 3.99. The molecule has 1 saturated heterocycles.